The molecular weight excluding hydrogens is 186 g/mol. The first-order valence-electron chi connectivity index (χ1n) is 6.41. The molecule has 14 heavy (non-hydrogen) atoms. The van der Waals surface area contributed by atoms with Gasteiger partial charge in [-0.05, 0) is 12.8 Å². The highest BCUT2D eigenvalue weighted by atomic mass is 31.1. The van der Waals surface area contributed by atoms with Gasteiger partial charge in [0.2, 0.25) is 0 Å². The normalized spacial score (nSPS) is 11.1. The van der Waals surface area contributed by atoms with Crippen molar-refractivity contribution in [3.05, 3.63) is 0 Å². The van der Waals surface area contributed by atoms with Crippen molar-refractivity contribution in [1.29, 1.82) is 0 Å². The molecule has 0 aromatic carbocycles. The lowest BCUT2D eigenvalue weighted by atomic mass is 10.2. The van der Waals surface area contributed by atoms with Crippen LogP contribution in [0.15, 0.2) is 0 Å². The molecule has 0 aliphatic heterocycles. The Morgan fingerprint density at radius 1 is 0.714 bits per heavy atom. The zero-order valence-corrected chi connectivity index (χ0v) is 11.1. The van der Waals surface area contributed by atoms with E-state index in [0.29, 0.717) is 0 Å². The minimum absolute atomic E-state index is 0.451. The summed E-state index contributed by atoms with van der Waals surface area (Å²) in [6.45, 7) is 4.53. The van der Waals surface area contributed by atoms with Gasteiger partial charge in [0.15, 0.2) is 0 Å². The summed E-state index contributed by atoms with van der Waals surface area (Å²) in [5.74, 6) is 0. The van der Waals surface area contributed by atoms with E-state index in [1.807, 2.05) is 0 Å². The first-order valence-corrected chi connectivity index (χ1v) is 8.40. The van der Waals surface area contributed by atoms with Gasteiger partial charge in [0.25, 0.3) is 0 Å². The van der Waals surface area contributed by atoms with Gasteiger partial charge in [0, 0.05) is 12.3 Å². The smallest absolute Gasteiger partial charge is 0.00964 e. The predicted molar refractivity (Wildman–Crippen MR) is 72.1 cm³/mol. The Morgan fingerprint density at radius 3 is 1.50 bits per heavy atom. The van der Waals surface area contributed by atoms with E-state index in [4.69, 9.17) is 7.57 Å². The summed E-state index contributed by atoms with van der Waals surface area (Å²) in [6.07, 6.45) is 13.7. The van der Waals surface area contributed by atoms with Crippen LogP contribution in [-0.4, -0.2) is 19.9 Å². The summed E-state index contributed by atoms with van der Waals surface area (Å²) in [6, 6.07) is 0. The average Bonchev–Trinajstić information content (AvgIpc) is 2.19. The molecule has 0 aliphatic rings. The summed E-state index contributed by atoms with van der Waals surface area (Å²) in [5, 5.41) is 0. The van der Waals surface area contributed by atoms with Crippen LogP contribution in [0.1, 0.15) is 65.2 Å². The van der Waals surface area contributed by atoms with Crippen LogP contribution in [0.3, 0.4) is 0 Å². The molecule has 0 saturated heterocycles. The van der Waals surface area contributed by atoms with Gasteiger partial charge in [-0.15, -0.1) is 0 Å². The fourth-order valence-electron chi connectivity index (χ4n) is 1.68. The third-order valence-corrected chi connectivity index (χ3v) is 4.69. The summed E-state index contributed by atoms with van der Waals surface area (Å²) in [4.78, 5) is 0. The summed E-state index contributed by atoms with van der Waals surface area (Å²) >= 11 is 0. The maximum atomic E-state index is 6.14. The molecule has 0 unspecified atom stereocenters. The first-order chi connectivity index (χ1) is 6.81. The molecule has 0 saturated carbocycles. The Labute approximate surface area is 93.4 Å². The van der Waals surface area contributed by atoms with Crippen LogP contribution in [0.2, 0.25) is 0 Å². The molecule has 3 radical (unpaired) electrons. The summed E-state index contributed by atoms with van der Waals surface area (Å²) < 4.78 is 0. The first kappa shape index (κ1) is 14.5. The fraction of sp³-hybridized carbons (Fsp3) is 1.00. The topological polar surface area (TPSA) is 0 Å². The van der Waals surface area contributed by atoms with E-state index in [1.165, 1.54) is 63.7 Å². The second kappa shape index (κ2) is 11.6. The molecule has 0 aromatic heterocycles. The monoisotopic (exact) mass is 213 g/mol. The van der Waals surface area contributed by atoms with Crippen LogP contribution in [0.5, 0.6) is 0 Å². The molecule has 0 aliphatic carbocycles. The van der Waals surface area contributed by atoms with Gasteiger partial charge < -0.3 is 7.57 Å². The highest BCUT2D eigenvalue weighted by Crippen LogP contribution is 2.32. The lowest BCUT2D eigenvalue weighted by Gasteiger charge is -2.16. The fourth-order valence-corrected chi connectivity index (χ4v) is 3.34. The Hall–Kier alpha value is 0.495. The SMILES string of the molecule is [B-][PH+](CCCCCC)CCCCCC. The predicted octanol–water partition coefficient (Wildman–Crippen LogP) is 4.44. The standard InChI is InChI=1S/C12H27BP/c1-3-5-7-9-11-14(13)12-10-8-6-4-2/h14H,3-12H2,1-2H3. The molecule has 0 bridgehead atoms. The quantitative estimate of drug-likeness (QED) is 0.286. The van der Waals surface area contributed by atoms with E-state index in [9.17, 15) is 0 Å². The Morgan fingerprint density at radius 2 is 1.14 bits per heavy atom. The van der Waals surface area contributed by atoms with Crippen molar-refractivity contribution < 1.29 is 0 Å². The molecule has 0 atom stereocenters. The van der Waals surface area contributed by atoms with Gasteiger partial charge in [0.05, 0.1) is 0 Å². The summed E-state index contributed by atoms with van der Waals surface area (Å²) in [5.41, 5.74) is 0. The zero-order valence-electron chi connectivity index (χ0n) is 10.1. The Balaban J connectivity index is 3.07. The van der Waals surface area contributed by atoms with Gasteiger partial charge in [-0.25, -0.2) is 0 Å². The molecule has 83 valence electrons. The highest BCUT2D eigenvalue weighted by molar-refractivity contribution is 7.82. The van der Waals surface area contributed by atoms with Gasteiger partial charge >= 0.3 is 0 Å². The van der Waals surface area contributed by atoms with E-state index in [-0.39, 0.29) is 0 Å². The van der Waals surface area contributed by atoms with Crippen molar-refractivity contribution in [2.45, 2.75) is 65.2 Å². The van der Waals surface area contributed by atoms with E-state index in [1.54, 1.807) is 0 Å². The highest BCUT2D eigenvalue weighted by Gasteiger charge is 1.97. The third kappa shape index (κ3) is 10.6. The van der Waals surface area contributed by atoms with Gasteiger partial charge in [0.1, 0.15) is 0 Å². The van der Waals surface area contributed by atoms with Gasteiger partial charge in [-0.2, -0.15) is 0 Å². The van der Waals surface area contributed by atoms with E-state index in [2.05, 4.69) is 13.8 Å². The lowest BCUT2D eigenvalue weighted by molar-refractivity contribution is 0.697. The minimum atomic E-state index is -0.451. The molecule has 0 spiro atoms. The maximum Gasteiger partial charge on any atom is 0.00964 e. The van der Waals surface area contributed by atoms with Crippen LogP contribution < -0.4 is 0 Å². The second-order valence-corrected chi connectivity index (χ2v) is 6.60. The maximum absolute atomic E-state index is 6.14. The molecule has 0 amide bonds. The molecule has 0 rings (SSSR count). The van der Waals surface area contributed by atoms with Crippen molar-refractivity contribution in [2.24, 2.45) is 0 Å². The van der Waals surface area contributed by atoms with E-state index in [0.717, 1.165) is 0 Å². The number of hydrogen-bond donors (Lipinski definition) is 0. The number of hydrogen-bond acceptors (Lipinski definition) is 0. The third-order valence-electron chi connectivity index (χ3n) is 2.70. The van der Waals surface area contributed by atoms with Crippen LogP contribution in [0.4, 0.5) is 0 Å². The molecule has 2 heteroatoms. The van der Waals surface area contributed by atoms with Crippen molar-refractivity contribution in [2.75, 3.05) is 12.3 Å². The molecule has 0 heterocycles. The van der Waals surface area contributed by atoms with Crippen molar-refractivity contribution >= 4 is 15.4 Å². The van der Waals surface area contributed by atoms with E-state index >= 15 is 0 Å². The van der Waals surface area contributed by atoms with Gasteiger partial charge in [-0.3, -0.25) is 7.80 Å². The Kier molecular flexibility index (Phi) is 12.0. The second-order valence-electron chi connectivity index (χ2n) is 4.28. The van der Waals surface area contributed by atoms with Crippen molar-refractivity contribution in [3.63, 3.8) is 0 Å². The van der Waals surface area contributed by atoms with Crippen LogP contribution in [0, 0.1) is 0 Å². The molecule has 0 fully saturated rings. The average molecular weight is 213 g/mol. The largest absolute Gasteiger partial charge is 0.310 e. The molecular formula is C12H27BP. The van der Waals surface area contributed by atoms with Crippen LogP contribution in [-0.2, 0) is 0 Å². The number of unbranched alkanes of at least 4 members (excludes halogenated alkanes) is 6. The zero-order chi connectivity index (χ0) is 10.6. The van der Waals surface area contributed by atoms with Crippen LogP contribution in [0.25, 0.3) is 0 Å². The van der Waals surface area contributed by atoms with Crippen molar-refractivity contribution in [1.82, 2.24) is 0 Å². The Bertz CT molecular complexity index is 94.5. The van der Waals surface area contributed by atoms with E-state index < -0.39 is 7.80 Å². The molecule has 0 aromatic rings. The van der Waals surface area contributed by atoms with Crippen LogP contribution >= 0.6 is 7.80 Å². The number of rotatable bonds is 10. The lowest BCUT2D eigenvalue weighted by Crippen LogP contribution is -1.91. The molecule has 0 N–H and O–H groups in total. The minimum Gasteiger partial charge on any atom is -0.310 e. The van der Waals surface area contributed by atoms with Gasteiger partial charge in [-0.1, -0.05) is 52.4 Å². The van der Waals surface area contributed by atoms with Crippen molar-refractivity contribution in [3.8, 4) is 0 Å². The molecule has 0 nitrogen and oxygen atoms in total. The summed E-state index contributed by atoms with van der Waals surface area (Å²) in [7, 11) is 5.69.